The van der Waals surface area contributed by atoms with E-state index in [0.29, 0.717) is 5.56 Å². The molecule has 0 amide bonds. The Morgan fingerprint density at radius 3 is 2.94 bits per heavy atom. The largest absolute Gasteiger partial charge is 0.385 e. The van der Waals surface area contributed by atoms with Gasteiger partial charge >= 0.3 is 0 Å². The molecular weight excluding hydrogens is 200 g/mol. The molecule has 1 N–H and O–H groups in total. The lowest BCUT2D eigenvalue weighted by Crippen LogP contribution is -2.02. The summed E-state index contributed by atoms with van der Waals surface area (Å²) in [5.74, 6) is 0. The number of nitriles is 1. The summed E-state index contributed by atoms with van der Waals surface area (Å²) in [5, 5.41) is 12.0. The third-order valence-corrected chi connectivity index (χ3v) is 2.35. The van der Waals surface area contributed by atoms with Gasteiger partial charge < -0.3 is 10.1 Å². The predicted octanol–water partition coefficient (Wildman–Crippen LogP) is 2.79. The monoisotopic (exact) mass is 218 g/mol. The molecule has 0 bridgehead atoms. The van der Waals surface area contributed by atoms with Crippen molar-refractivity contribution in [2.24, 2.45) is 0 Å². The van der Waals surface area contributed by atoms with Crippen molar-refractivity contribution in [3.05, 3.63) is 29.8 Å². The maximum absolute atomic E-state index is 8.74. The normalized spacial score (nSPS) is 9.75. The maximum Gasteiger partial charge on any atom is 0.0992 e. The van der Waals surface area contributed by atoms with Crippen molar-refractivity contribution < 1.29 is 4.74 Å². The van der Waals surface area contributed by atoms with Crippen LogP contribution in [0.5, 0.6) is 0 Å². The third-order valence-electron chi connectivity index (χ3n) is 2.35. The summed E-state index contributed by atoms with van der Waals surface area (Å²) in [6.45, 7) is 1.78. The van der Waals surface area contributed by atoms with E-state index in [1.165, 1.54) is 6.42 Å². The van der Waals surface area contributed by atoms with Crippen LogP contribution in [0.1, 0.15) is 24.8 Å². The van der Waals surface area contributed by atoms with Gasteiger partial charge in [0.05, 0.1) is 11.6 Å². The molecule has 3 nitrogen and oxygen atoms in total. The first-order valence-electron chi connectivity index (χ1n) is 5.60. The Hall–Kier alpha value is -1.53. The Balaban J connectivity index is 2.19. The van der Waals surface area contributed by atoms with Gasteiger partial charge in [-0.25, -0.2) is 0 Å². The number of nitrogens with zero attached hydrogens (tertiary/aromatic N) is 1. The second-order valence-corrected chi connectivity index (χ2v) is 3.67. The maximum atomic E-state index is 8.74. The van der Waals surface area contributed by atoms with Crippen LogP contribution in [0.15, 0.2) is 24.3 Å². The van der Waals surface area contributed by atoms with Crippen molar-refractivity contribution in [2.75, 3.05) is 25.6 Å². The van der Waals surface area contributed by atoms with E-state index < -0.39 is 0 Å². The number of benzene rings is 1. The van der Waals surface area contributed by atoms with Gasteiger partial charge in [-0.1, -0.05) is 6.07 Å². The molecule has 1 rings (SSSR count). The molecule has 0 aliphatic carbocycles. The molecule has 0 heterocycles. The fourth-order valence-electron chi connectivity index (χ4n) is 1.48. The fraction of sp³-hybridized carbons (Fsp3) is 0.462. The van der Waals surface area contributed by atoms with Crippen LogP contribution in [0.2, 0.25) is 0 Å². The number of nitrogens with one attached hydrogen (secondary N) is 1. The predicted molar refractivity (Wildman–Crippen MR) is 65.4 cm³/mol. The van der Waals surface area contributed by atoms with Gasteiger partial charge in [-0.15, -0.1) is 0 Å². The smallest absolute Gasteiger partial charge is 0.0992 e. The molecule has 0 aliphatic heterocycles. The van der Waals surface area contributed by atoms with Crippen molar-refractivity contribution in [3.8, 4) is 6.07 Å². The molecule has 0 fully saturated rings. The molecule has 0 unspecified atom stereocenters. The van der Waals surface area contributed by atoms with E-state index in [1.807, 2.05) is 24.3 Å². The minimum atomic E-state index is 0.699. The molecule has 3 heteroatoms. The van der Waals surface area contributed by atoms with E-state index in [2.05, 4.69) is 11.4 Å². The molecule has 0 aliphatic rings. The van der Waals surface area contributed by atoms with Crippen molar-refractivity contribution in [3.63, 3.8) is 0 Å². The van der Waals surface area contributed by atoms with Crippen molar-refractivity contribution in [1.82, 2.24) is 0 Å². The number of unbranched alkanes of at least 4 members (excludes halogenated alkanes) is 2. The number of hydrogen-bond acceptors (Lipinski definition) is 3. The van der Waals surface area contributed by atoms with Gasteiger partial charge in [-0.05, 0) is 37.5 Å². The Labute approximate surface area is 97.0 Å². The van der Waals surface area contributed by atoms with Crippen LogP contribution in [-0.4, -0.2) is 20.3 Å². The molecule has 0 saturated heterocycles. The summed E-state index contributed by atoms with van der Waals surface area (Å²) in [6.07, 6.45) is 3.40. The van der Waals surface area contributed by atoms with Crippen molar-refractivity contribution in [2.45, 2.75) is 19.3 Å². The first kappa shape index (κ1) is 12.5. The number of hydrogen-bond donors (Lipinski definition) is 1. The van der Waals surface area contributed by atoms with Crippen LogP contribution in [-0.2, 0) is 4.74 Å². The van der Waals surface area contributed by atoms with Gasteiger partial charge in [-0.2, -0.15) is 5.26 Å². The summed E-state index contributed by atoms with van der Waals surface area (Å²) in [5.41, 5.74) is 1.72. The Bertz CT molecular complexity index is 344. The molecule has 16 heavy (non-hydrogen) atoms. The zero-order chi connectivity index (χ0) is 11.6. The Morgan fingerprint density at radius 2 is 2.19 bits per heavy atom. The highest BCUT2D eigenvalue weighted by Gasteiger charge is 1.94. The van der Waals surface area contributed by atoms with E-state index in [-0.39, 0.29) is 0 Å². The average molecular weight is 218 g/mol. The molecule has 0 radical (unpaired) electrons. The number of anilines is 1. The van der Waals surface area contributed by atoms with Crippen LogP contribution in [0, 0.1) is 11.3 Å². The van der Waals surface area contributed by atoms with E-state index in [1.54, 1.807) is 7.11 Å². The van der Waals surface area contributed by atoms with Crippen LogP contribution < -0.4 is 5.32 Å². The first-order chi connectivity index (χ1) is 7.86. The van der Waals surface area contributed by atoms with E-state index in [4.69, 9.17) is 10.00 Å². The van der Waals surface area contributed by atoms with Gasteiger partial charge in [0, 0.05) is 25.9 Å². The van der Waals surface area contributed by atoms with Gasteiger partial charge in [0.2, 0.25) is 0 Å². The number of rotatable bonds is 7. The zero-order valence-corrected chi connectivity index (χ0v) is 9.70. The highest BCUT2D eigenvalue weighted by molar-refractivity contribution is 5.48. The third kappa shape index (κ3) is 4.81. The van der Waals surface area contributed by atoms with Crippen LogP contribution in [0.3, 0.4) is 0 Å². The number of methoxy groups -OCH3 is 1. The van der Waals surface area contributed by atoms with E-state index in [0.717, 1.165) is 31.7 Å². The molecule has 0 saturated carbocycles. The van der Waals surface area contributed by atoms with Crippen molar-refractivity contribution in [1.29, 1.82) is 5.26 Å². The standard InChI is InChI=1S/C13H18N2O/c1-16-9-4-2-3-8-15-13-7-5-6-12(10-13)11-14/h5-7,10,15H,2-4,8-9H2,1H3. The zero-order valence-electron chi connectivity index (χ0n) is 9.70. The molecule has 0 spiro atoms. The van der Waals surface area contributed by atoms with Gasteiger partial charge in [0.25, 0.3) is 0 Å². The summed E-state index contributed by atoms with van der Waals surface area (Å²) in [4.78, 5) is 0. The Morgan fingerprint density at radius 1 is 1.31 bits per heavy atom. The molecule has 1 aromatic carbocycles. The summed E-state index contributed by atoms with van der Waals surface area (Å²) in [7, 11) is 1.73. The SMILES string of the molecule is COCCCCCNc1cccc(C#N)c1. The highest BCUT2D eigenvalue weighted by Crippen LogP contribution is 2.09. The van der Waals surface area contributed by atoms with Gasteiger partial charge in [-0.3, -0.25) is 0 Å². The molecule has 0 atom stereocenters. The van der Waals surface area contributed by atoms with E-state index >= 15 is 0 Å². The fourth-order valence-corrected chi connectivity index (χ4v) is 1.48. The topological polar surface area (TPSA) is 45.0 Å². The summed E-state index contributed by atoms with van der Waals surface area (Å²) in [6, 6.07) is 9.69. The second-order valence-electron chi connectivity index (χ2n) is 3.67. The number of ether oxygens (including phenoxy) is 1. The highest BCUT2D eigenvalue weighted by atomic mass is 16.5. The second kappa shape index (κ2) is 7.72. The van der Waals surface area contributed by atoms with Gasteiger partial charge in [0.15, 0.2) is 0 Å². The molecule has 86 valence electrons. The summed E-state index contributed by atoms with van der Waals surface area (Å²) >= 11 is 0. The molecular formula is C13H18N2O. The van der Waals surface area contributed by atoms with E-state index in [9.17, 15) is 0 Å². The minimum Gasteiger partial charge on any atom is -0.385 e. The lowest BCUT2D eigenvalue weighted by Gasteiger charge is -2.06. The van der Waals surface area contributed by atoms with Gasteiger partial charge in [0.1, 0.15) is 0 Å². The van der Waals surface area contributed by atoms with Crippen LogP contribution in [0.25, 0.3) is 0 Å². The average Bonchev–Trinajstić information content (AvgIpc) is 2.34. The lowest BCUT2D eigenvalue weighted by atomic mass is 10.2. The Kier molecular flexibility index (Phi) is 6.05. The van der Waals surface area contributed by atoms with Crippen LogP contribution >= 0.6 is 0 Å². The molecule has 1 aromatic rings. The van der Waals surface area contributed by atoms with Crippen molar-refractivity contribution >= 4 is 5.69 Å². The minimum absolute atomic E-state index is 0.699. The quantitative estimate of drug-likeness (QED) is 0.716. The lowest BCUT2D eigenvalue weighted by molar-refractivity contribution is 0.192. The molecule has 0 aromatic heterocycles. The first-order valence-corrected chi connectivity index (χ1v) is 5.60. The van der Waals surface area contributed by atoms with Crippen LogP contribution in [0.4, 0.5) is 5.69 Å². The summed E-state index contributed by atoms with van der Waals surface area (Å²) < 4.78 is 4.98.